The van der Waals surface area contributed by atoms with E-state index in [0.29, 0.717) is 12.0 Å². The summed E-state index contributed by atoms with van der Waals surface area (Å²) in [5.41, 5.74) is 1.52. The molecule has 2 N–H and O–H groups in total. The van der Waals surface area contributed by atoms with Crippen molar-refractivity contribution in [2.24, 2.45) is 0 Å². The number of hydrogen-bond acceptors (Lipinski definition) is 5. The van der Waals surface area contributed by atoms with Crippen molar-refractivity contribution in [1.29, 1.82) is 0 Å². The summed E-state index contributed by atoms with van der Waals surface area (Å²) in [6.45, 7) is 3.70. The Morgan fingerprint density at radius 3 is 3.10 bits per heavy atom. The van der Waals surface area contributed by atoms with Gasteiger partial charge in [0, 0.05) is 32.8 Å². The number of hydrogen-bond donors (Lipinski definition) is 2. The monoisotopic (exact) mass is 276 g/mol. The lowest BCUT2D eigenvalue weighted by Crippen LogP contribution is -2.29. The molecule has 6 nitrogen and oxygen atoms in total. The third-order valence-corrected chi connectivity index (χ3v) is 3.75. The molecule has 1 atom stereocenters. The van der Waals surface area contributed by atoms with Crippen LogP contribution in [0.4, 0.5) is 5.95 Å². The number of fused-ring (bicyclic) bond motifs is 1. The van der Waals surface area contributed by atoms with Gasteiger partial charge in [0.15, 0.2) is 0 Å². The van der Waals surface area contributed by atoms with Gasteiger partial charge in [-0.25, -0.2) is 4.98 Å². The number of nitrogens with zero attached hydrogens (tertiary/aromatic N) is 3. The van der Waals surface area contributed by atoms with Gasteiger partial charge in [0.1, 0.15) is 5.52 Å². The second-order valence-electron chi connectivity index (χ2n) is 5.16. The maximum absolute atomic E-state index is 10.1. The maximum Gasteiger partial charge on any atom is 0.237 e. The van der Waals surface area contributed by atoms with Gasteiger partial charge in [0.2, 0.25) is 5.95 Å². The molecule has 2 aromatic rings. The number of para-hydroxylation sites is 2. The van der Waals surface area contributed by atoms with Crippen LogP contribution in [0, 0.1) is 0 Å². The van der Waals surface area contributed by atoms with Crippen molar-refractivity contribution in [3.8, 4) is 0 Å². The fraction of sp³-hybridized carbons (Fsp3) is 0.500. The first kappa shape index (κ1) is 13.2. The van der Waals surface area contributed by atoms with E-state index in [1.807, 2.05) is 24.3 Å². The standard InChI is InChI=1S/C14H20N4O2/c1-20-9-8-17-7-6-11(10-17)15-14-16-12-4-2-3-5-13(12)18(14)19/h2-5,11,19H,6-10H2,1H3,(H,15,16). The summed E-state index contributed by atoms with van der Waals surface area (Å²) in [6.07, 6.45) is 1.05. The molecule has 1 aliphatic rings. The van der Waals surface area contributed by atoms with Crippen LogP contribution in [0.3, 0.4) is 0 Å². The molecule has 1 unspecified atom stereocenters. The van der Waals surface area contributed by atoms with Crippen molar-refractivity contribution < 1.29 is 9.94 Å². The molecular formula is C14H20N4O2. The molecule has 20 heavy (non-hydrogen) atoms. The molecule has 1 fully saturated rings. The van der Waals surface area contributed by atoms with Gasteiger partial charge >= 0.3 is 0 Å². The predicted molar refractivity (Wildman–Crippen MR) is 77.3 cm³/mol. The average Bonchev–Trinajstić information content (AvgIpc) is 3.03. The lowest BCUT2D eigenvalue weighted by Gasteiger charge is -2.16. The highest BCUT2D eigenvalue weighted by atomic mass is 16.5. The minimum Gasteiger partial charge on any atom is -0.425 e. The Balaban J connectivity index is 1.67. The van der Waals surface area contributed by atoms with Crippen LogP contribution < -0.4 is 5.32 Å². The summed E-state index contributed by atoms with van der Waals surface area (Å²) in [6, 6.07) is 7.87. The molecule has 0 radical (unpaired) electrons. The van der Waals surface area contributed by atoms with E-state index in [1.165, 1.54) is 0 Å². The van der Waals surface area contributed by atoms with Gasteiger partial charge in [-0.2, -0.15) is 0 Å². The van der Waals surface area contributed by atoms with Gasteiger partial charge in [-0.05, 0) is 18.6 Å². The van der Waals surface area contributed by atoms with E-state index in [1.54, 1.807) is 7.11 Å². The second kappa shape index (κ2) is 5.68. The molecule has 108 valence electrons. The number of aromatic nitrogens is 2. The topological polar surface area (TPSA) is 62.5 Å². The Kier molecular flexibility index (Phi) is 3.75. The van der Waals surface area contributed by atoms with Crippen molar-refractivity contribution in [1.82, 2.24) is 14.6 Å². The largest absolute Gasteiger partial charge is 0.425 e. The first-order valence-electron chi connectivity index (χ1n) is 6.92. The van der Waals surface area contributed by atoms with Crippen LogP contribution >= 0.6 is 0 Å². The zero-order chi connectivity index (χ0) is 13.9. The van der Waals surface area contributed by atoms with Gasteiger partial charge < -0.3 is 15.3 Å². The molecule has 1 aromatic carbocycles. The molecule has 6 heteroatoms. The van der Waals surface area contributed by atoms with Crippen LogP contribution in [0.5, 0.6) is 0 Å². The Morgan fingerprint density at radius 2 is 2.30 bits per heavy atom. The maximum atomic E-state index is 10.1. The van der Waals surface area contributed by atoms with Crippen LogP contribution in [0.15, 0.2) is 24.3 Å². The van der Waals surface area contributed by atoms with Crippen LogP contribution in [0.1, 0.15) is 6.42 Å². The number of nitrogens with one attached hydrogen (secondary N) is 1. The van der Waals surface area contributed by atoms with Crippen molar-refractivity contribution in [3.05, 3.63) is 24.3 Å². The average molecular weight is 276 g/mol. The predicted octanol–water partition coefficient (Wildman–Crippen LogP) is 1.41. The third-order valence-electron chi connectivity index (χ3n) is 3.75. The van der Waals surface area contributed by atoms with Gasteiger partial charge in [-0.15, -0.1) is 4.73 Å². The third kappa shape index (κ3) is 2.57. The number of rotatable bonds is 5. The minimum absolute atomic E-state index is 0.314. The van der Waals surface area contributed by atoms with Crippen LogP contribution in [0.25, 0.3) is 11.0 Å². The van der Waals surface area contributed by atoms with Gasteiger partial charge in [0.25, 0.3) is 0 Å². The molecule has 1 saturated heterocycles. The van der Waals surface area contributed by atoms with Crippen molar-refractivity contribution in [2.75, 3.05) is 38.7 Å². The Labute approximate surface area is 117 Å². The van der Waals surface area contributed by atoms with E-state index < -0.39 is 0 Å². The lowest BCUT2D eigenvalue weighted by molar-refractivity contribution is 0.160. The molecule has 0 bridgehead atoms. The number of methoxy groups -OCH3 is 1. The zero-order valence-corrected chi connectivity index (χ0v) is 11.6. The summed E-state index contributed by atoms with van der Waals surface area (Å²) < 4.78 is 6.23. The van der Waals surface area contributed by atoms with Gasteiger partial charge in [-0.1, -0.05) is 12.1 Å². The number of ether oxygens (including phenoxy) is 1. The van der Waals surface area contributed by atoms with Crippen LogP contribution in [-0.2, 0) is 4.74 Å². The molecule has 0 saturated carbocycles. The molecule has 0 aliphatic carbocycles. The van der Waals surface area contributed by atoms with E-state index in [0.717, 1.165) is 48.4 Å². The summed E-state index contributed by atoms with van der Waals surface area (Å²) >= 11 is 0. The molecule has 1 aliphatic heterocycles. The summed E-state index contributed by atoms with van der Waals surface area (Å²) in [5, 5.41) is 13.4. The molecular weight excluding hydrogens is 256 g/mol. The fourth-order valence-corrected chi connectivity index (χ4v) is 2.66. The molecule has 0 amide bonds. The minimum atomic E-state index is 0.314. The highest BCUT2D eigenvalue weighted by molar-refractivity contribution is 5.78. The molecule has 0 spiro atoms. The first-order valence-corrected chi connectivity index (χ1v) is 6.92. The highest BCUT2D eigenvalue weighted by Crippen LogP contribution is 2.20. The lowest BCUT2D eigenvalue weighted by atomic mass is 10.3. The van der Waals surface area contributed by atoms with Crippen molar-refractivity contribution >= 4 is 17.0 Å². The Bertz CT molecular complexity index is 584. The second-order valence-corrected chi connectivity index (χ2v) is 5.16. The Hall–Kier alpha value is -1.79. The quantitative estimate of drug-likeness (QED) is 0.808. The molecule has 2 heterocycles. The SMILES string of the molecule is COCCN1CCC(Nc2nc3ccccc3n2O)C1. The fourth-order valence-electron chi connectivity index (χ4n) is 2.66. The van der Waals surface area contributed by atoms with Crippen LogP contribution in [-0.4, -0.2) is 59.2 Å². The number of likely N-dealkylation sites (tertiary alicyclic amines) is 1. The van der Waals surface area contributed by atoms with Crippen LogP contribution in [0.2, 0.25) is 0 Å². The van der Waals surface area contributed by atoms with E-state index in [2.05, 4.69) is 15.2 Å². The van der Waals surface area contributed by atoms with Gasteiger partial charge in [-0.3, -0.25) is 4.90 Å². The summed E-state index contributed by atoms with van der Waals surface area (Å²) in [5.74, 6) is 0.518. The van der Waals surface area contributed by atoms with E-state index in [-0.39, 0.29) is 0 Å². The zero-order valence-electron chi connectivity index (χ0n) is 11.6. The van der Waals surface area contributed by atoms with Gasteiger partial charge in [0.05, 0.1) is 12.1 Å². The first-order chi connectivity index (χ1) is 9.78. The Morgan fingerprint density at radius 1 is 1.45 bits per heavy atom. The van der Waals surface area contributed by atoms with E-state index in [4.69, 9.17) is 4.74 Å². The number of anilines is 1. The van der Waals surface area contributed by atoms with Crippen molar-refractivity contribution in [2.45, 2.75) is 12.5 Å². The van der Waals surface area contributed by atoms with E-state index in [9.17, 15) is 5.21 Å². The van der Waals surface area contributed by atoms with E-state index >= 15 is 0 Å². The number of benzene rings is 1. The summed E-state index contributed by atoms with van der Waals surface area (Å²) in [7, 11) is 1.72. The smallest absolute Gasteiger partial charge is 0.237 e. The highest BCUT2D eigenvalue weighted by Gasteiger charge is 2.23. The molecule has 3 rings (SSSR count). The normalized spacial score (nSPS) is 19.8. The summed E-state index contributed by atoms with van der Waals surface area (Å²) in [4.78, 5) is 6.77. The molecule has 1 aromatic heterocycles. The van der Waals surface area contributed by atoms with Crippen molar-refractivity contribution in [3.63, 3.8) is 0 Å². The number of imidazole rings is 1.